The topological polar surface area (TPSA) is 40.0 Å². The Labute approximate surface area is 125 Å². The molecule has 4 heteroatoms. The second-order valence-corrected chi connectivity index (χ2v) is 4.40. The molecule has 2 rings (SSSR count). The third kappa shape index (κ3) is 3.99. The first-order valence-electron chi connectivity index (χ1n) is 6.64. The Morgan fingerprint density at radius 3 is 2.19 bits per heavy atom. The highest BCUT2D eigenvalue weighted by molar-refractivity contribution is 5.67. The highest BCUT2D eigenvalue weighted by atomic mass is 16.5. The molecule has 110 valence electrons. The van der Waals surface area contributed by atoms with Crippen molar-refractivity contribution in [2.45, 2.75) is 6.42 Å². The molecule has 0 aromatic heterocycles. The Morgan fingerprint density at radius 1 is 0.857 bits per heavy atom. The Bertz CT molecular complexity index is 606. The number of ether oxygens (including phenoxy) is 3. The Kier molecular flexibility index (Phi) is 5.21. The number of rotatable bonds is 6. The Balaban J connectivity index is 2.03. The van der Waals surface area contributed by atoms with Gasteiger partial charge in [0.2, 0.25) is 0 Å². The fraction of sp³-hybridized carbons (Fsp3) is 0.235. The molecular formula is C17H19NO3. The van der Waals surface area contributed by atoms with Crippen molar-refractivity contribution < 1.29 is 14.2 Å². The van der Waals surface area contributed by atoms with Crippen LogP contribution in [0.5, 0.6) is 17.2 Å². The fourth-order valence-electron chi connectivity index (χ4n) is 1.93. The van der Waals surface area contributed by atoms with Crippen LogP contribution in [0.15, 0.2) is 47.5 Å². The molecule has 0 aliphatic rings. The lowest BCUT2D eigenvalue weighted by Crippen LogP contribution is -1.93. The molecular weight excluding hydrogens is 266 g/mol. The molecule has 0 heterocycles. The zero-order chi connectivity index (χ0) is 15.1. The minimum atomic E-state index is 0.729. The van der Waals surface area contributed by atoms with Crippen molar-refractivity contribution in [1.82, 2.24) is 0 Å². The van der Waals surface area contributed by atoms with Crippen LogP contribution in [-0.4, -0.2) is 27.5 Å². The first kappa shape index (κ1) is 14.9. The van der Waals surface area contributed by atoms with E-state index in [2.05, 4.69) is 4.99 Å². The third-order valence-corrected chi connectivity index (χ3v) is 3.09. The smallest absolute Gasteiger partial charge is 0.160 e. The van der Waals surface area contributed by atoms with Gasteiger partial charge in [0, 0.05) is 12.6 Å². The van der Waals surface area contributed by atoms with Gasteiger partial charge < -0.3 is 14.2 Å². The fourth-order valence-corrected chi connectivity index (χ4v) is 1.93. The van der Waals surface area contributed by atoms with E-state index in [4.69, 9.17) is 14.2 Å². The summed E-state index contributed by atoms with van der Waals surface area (Å²) in [6.45, 7) is 0. The van der Waals surface area contributed by atoms with E-state index in [9.17, 15) is 0 Å². The van der Waals surface area contributed by atoms with E-state index in [0.717, 1.165) is 34.9 Å². The van der Waals surface area contributed by atoms with Crippen LogP contribution >= 0.6 is 0 Å². The lowest BCUT2D eigenvalue weighted by atomic mass is 10.1. The zero-order valence-corrected chi connectivity index (χ0v) is 12.5. The highest BCUT2D eigenvalue weighted by Gasteiger charge is 2.03. The van der Waals surface area contributed by atoms with Gasteiger partial charge in [0.05, 0.1) is 27.0 Å². The van der Waals surface area contributed by atoms with Gasteiger partial charge in [-0.3, -0.25) is 4.99 Å². The molecule has 21 heavy (non-hydrogen) atoms. The summed E-state index contributed by atoms with van der Waals surface area (Å²) in [7, 11) is 4.91. The molecule has 0 saturated carbocycles. The largest absolute Gasteiger partial charge is 0.497 e. The van der Waals surface area contributed by atoms with Crippen molar-refractivity contribution in [3.8, 4) is 17.2 Å². The van der Waals surface area contributed by atoms with Crippen LogP contribution in [0, 0.1) is 0 Å². The molecule has 0 N–H and O–H groups in total. The van der Waals surface area contributed by atoms with E-state index in [-0.39, 0.29) is 0 Å². The molecule has 2 aromatic carbocycles. The molecule has 0 aliphatic carbocycles. The van der Waals surface area contributed by atoms with Crippen molar-refractivity contribution in [2.75, 3.05) is 21.3 Å². The normalized spacial score (nSPS) is 10.6. The lowest BCUT2D eigenvalue weighted by molar-refractivity contribution is 0.354. The molecule has 0 aliphatic heterocycles. The Hall–Kier alpha value is -2.49. The van der Waals surface area contributed by atoms with E-state index in [1.54, 1.807) is 21.3 Å². The Morgan fingerprint density at radius 2 is 1.57 bits per heavy atom. The van der Waals surface area contributed by atoms with Crippen LogP contribution in [-0.2, 0) is 6.42 Å². The summed E-state index contributed by atoms with van der Waals surface area (Å²) < 4.78 is 15.6. The first-order valence-corrected chi connectivity index (χ1v) is 6.64. The zero-order valence-electron chi connectivity index (χ0n) is 12.5. The molecule has 0 radical (unpaired) electrons. The molecule has 0 bridgehead atoms. The van der Waals surface area contributed by atoms with Crippen molar-refractivity contribution in [2.24, 2.45) is 4.99 Å². The van der Waals surface area contributed by atoms with Crippen molar-refractivity contribution in [3.63, 3.8) is 0 Å². The summed E-state index contributed by atoms with van der Waals surface area (Å²) in [5.41, 5.74) is 2.01. The maximum Gasteiger partial charge on any atom is 0.160 e. The SMILES string of the molecule is COc1ccc(N=CCc2ccc(OC)c(OC)c2)cc1. The van der Waals surface area contributed by atoms with Gasteiger partial charge in [0.25, 0.3) is 0 Å². The van der Waals surface area contributed by atoms with Gasteiger partial charge in [-0.15, -0.1) is 0 Å². The second kappa shape index (κ2) is 7.33. The summed E-state index contributed by atoms with van der Waals surface area (Å²) in [6.07, 6.45) is 2.61. The number of hydrogen-bond donors (Lipinski definition) is 0. The standard InChI is InChI=1S/C17H19NO3/c1-19-15-7-5-14(6-8-15)18-11-10-13-4-9-16(20-2)17(12-13)21-3/h4-9,11-12H,10H2,1-3H3. The molecule has 0 spiro atoms. The number of nitrogens with zero attached hydrogens (tertiary/aromatic N) is 1. The quantitative estimate of drug-likeness (QED) is 0.760. The molecule has 0 fully saturated rings. The van der Waals surface area contributed by atoms with Crippen LogP contribution in [0.25, 0.3) is 0 Å². The van der Waals surface area contributed by atoms with E-state index in [1.165, 1.54) is 0 Å². The molecule has 4 nitrogen and oxygen atoms in total. The summed E-state index contributed by atoms with van der Waals surface area (Å²) in [6, 6.07) is 13.5. The van der Waals surface area contributed by atoms with Gasteiger partial charge in [-0.1, -0.05) is 6.07 Å². The van der Waals surface area contributed by atoms with Crippen molar-refractivity contribution in [1.29, 1.82) is 0 Å². The molecule has 0 atom stereocenters. The van der Waals surface area contributed by atoms with Crippen molar-refractivity contribution in [3.05, 3.63) is 48.0 Å². The molecule has 2 aromatic rings. The minimum Gasteiger partial charge on any atom is -0.497 e. The average molecular weight is 285 g/mol. The summed E-state index contributed by atoms with van der Waals surface area (Å²) in [4.78, 5) is 4.42. The van der Waals surface area contributed by atoms with E-state index < -0.39 is 0 Å². The van der Waals surface area contributed by atoms with Crippen LogP contribution in [0.1, 0.15) is 5.56 Å². The summed E-state index contributed by atoms with van der Waals surface area (Å²) in [5.74, 6) is 2.29. The van der Waals surface area contributed by atoms with Crippen LogP contribution in [0.3, 0.4) is 0 Å². The van der Waals surface area contributed by atoms with E-state index in [1.807, 2.05) is 48.7 Å². The minimum absolute atomic E-state index is 0.729. The van der Waals surface area contributed by atoms with E-state index in [0.29, 0.717) is 0 Å². The third-order valence-electron chi connectivity index (χ3n) is 3.09. The summed E-state index contributed by atoms with van der Waals surface area (Å²) >= 11 is 0. The first-order chi connectivity index (χ1) is 10.3. The van der Waals surface area contributed by atoms with Crippen LogP contribution < -0.4 is 14.2 Å². The van der Waals surface area contributed by atoms with Gasteiger partial charge in [-0.25, -0.2) is 0 Å². The number of methoxy groups -OCH3 is 3. The maximum atomic E-state index is 5.28. The number of benzene rings is 2. The lowest BCUT2D eigenvalue weighted by Gasteiger charge is -2.08. The van der Waals surface area contributed by atoms with E-state index >= 15 is 0 Å². The highest BCUT2D eigenvalue weighted by Crippen LogP contribution is 2.27. The van der Waals surface area contributed by atoms with Gasteiger partial charge >= 0.3 is 0 Å². The predicted molar refractivity (Wildman–Crippen MR) is 84.4 cm³/mol. The number of aliphatic imine (C=N–C) groups is 1. The van der Waals surface area contributed by atoms with Crippen LogP contribution in [0.2, 0.25) is 0 Å². The average Bonchev–Trinajstić information content (AvgIpc) is 2.55. The van der Waals surface area contributed by atoms with Crippen molar-refractivity contribution >= 4 is 11.9 Å². The van der Waals surface area contributed by atoms with Gasteiger partial charge in [0.1, 0.15) is 5.75 Å². The summed E-state index contributed by atoms with van der Waals surface area (Å²) in [5, 5.41) is 0. The second-order valence-electron chi connectivity index (χ2n) is 4.40. The van der Waals surface area contributed by atoms with Gasteiger partial charge in [-0.05, 0) is 42.0 Å². The van der Waals surface area contributed by atoms with Gasteiger partial charge in [-0.2, -0.15) is 0 Å². The predicted octanol–water partition coefficient (Wildman–Crippen LogP) is 3.66. The monoisotopic (exact) mass is 285 g/mol. The molecule has 0 unspecified atom stereocenters. The maximum absolute atomic E-state index is 5.28. The molecule has 0 saturated heterocycles. The van der Waals surface area contributed by atoms with Crippen LogP contribution in [0.4, 0.5) is 5.69 Å². The number of hydrogen-bond acceptors (Lipinski definition) is 4. The molecule has 0 amide bonds. The van der Waals surface area contributed by atoms with Gasteiger partial charge in [0.15, 0.2) is 11.5 Å².